The Balaban J connectivity index is 2.18. The lowest BCUT2D eigenvalue weighted by Crippen LogP contribution is -2.29. The second-order valence-corrected chi connectivity index (χ2v) is 4.86. The minimum absolute atomic E-state index is 0.0612. The van der Waals surface area contributed by atoms with Crippen LogP contribution in [0.3, 0.4) is 0 Å². The van der Waals surface area contributed by atoms with Crippen molar-refractivity contribution in [2.24, 2.45) is 5.84 Å². The molecule has 2 aromatic rings. The number of benzene rings is 1. The van der Waals surface area contributed by atoms with Crippen LogP contribution in [0.4, 0.5) is 0 Å². The van der Waals surface area contributed by atoms with Crippen LogP contribution in [0, 0.1) is 6.92 Å². The van der Waals surface area contributed by atoms with Gasteiger partial charge < -0.3 is 4.42 Å². The highest BCUT2D eigenvalue weighted by atomic mass is 79.9. The number of nitrogens with one attached hydrogen (secondary N) is 1. The van der Waals surface area contributed by atoms with Crippen molar-refractivity contribution >= 4 is 15.9 Å². The SMILES string of the molecule is Cc1cc(C(Cc2ccccc2Br)NN)co1. The molecule has 1 aromatic heterocycles. The van der Waals surface area contributed by atoms with Gasteiger partial charge in [-0.1, -0.05) is 34.1 Å². The monoisotopic (exact) mass is 294 g/mol. The van der Waals surface area contributed by atoms with Crippen molar-refractivity contribution in [2.75, 3.05) is 0 Å². The van der Waals surface area contributed by atoms with E-state index in [1.165, 1.54) is 5.56 Å². The van der Waals surface area contributed by atoms with Gasteiger partial charge in [-0.2, -0.15) is 0 Å². The summed E-state index contributed by atoms with van der Waals surface area (Å²) in [4.78, 5) is 0. The molecule has 1 heterocycles. The van der Waals surface area contributed by atoms with Gasteiger partial charge in [-0.3, -0.25) is 11.3 Å². The van der Waals surface area contributed by atoms with Crippen molar-refractivity contribution < 1.29 is 4.42 Å². The molecule has 90 valence electrons. The van der Waals surface area contributed by atoms with E-state index in [9.17, 15) is 0 Å². The fourth-order valence-electron chi connectivity index (χ4n) is 1.80. The predicted octanol–water partition coefficient (Wildman–Crippen LogP) is 3.10. The molecular weight excluding hydrogens is 280 g/mol. The van der Waals surface area contributed by atoms with Gasteiger partial charge in [-0.25, -0.2) is 0 Å². The number of hydrogen-bond donors (Lipinski definition) is 2. The van der Waals surface area contributed by atoms with Crippen LogP contribution in [-0.4, -0.2) is 0 Å². The molecule has 0 saturated carbocycles. The average Bonchev–Trinajstić information content (AvgIpc) is 2.75. The molecule has 4 heteroatoms. The van der Waals surface area contributed by atoms with Crippen molar-refractivity contribution in [3.63, 3.8) is 0 Å². The lowest BCUT2D eigenvalue weighted by atomic mass is 10.0. The zero-order valence-electron chi connectivity index (χ0n) is 9.61. The Labute approximate surface area is 109 Å². The zero-order valence-corrected chi connectivity index (χ0v) is 11.2. The van der Waals surface area contributed by atoms with Gasteiger partial charge in [0.05, 0.1) is 12.3 Å². The van der Waals surface area contributed by atoms with Crippen molar-refractivity contribution in [3.8, 4) is 0 Å². The second kappa shape index (κ2) is 5.49. The topological polar surface area (TPSA) is 51.2 Å². The zero-order chi connectivity index (χ0) is 12.3. The third-order valence-corrected chi connectivity index (χ3v) is 3.51. The van der Waals surface area contributed by atoms with E-state index >= 15 is 0 Å². The van der Waals surface area contributed by atoms with Gasteiger partial charge in [0.25, 0.3) is 0 Å². The summed E-state index contributed by atoms with van der Waals surface area (Å²) >= 11 is 3.54. The minimum atomic E-state index is 0.0612. The highest BCUT2D eigenvalue weighted by molar-refractivity contribution is 9.10. The van der Waals surface area contributed by atoms with Crippen LogP contribution < -0.4 is 11.3 Å². The number of hydrazine groups is 1. The van der Waals surface area contributed by atoms with Crippen molar-refractivity contribution in [3.05, 3.63) is 58.0 Å². The number of aryl methyl sites for hydroxylation is 1. The Morgan fingerprint density at radius 3 is 2.76 bits per heavy atom. The average molecular weight is 295 g/mol. The third-order valence-electron chi connectivity index (χ3n) is 2.74. The van der Waals surface area contributed by atoms with E-state index in [2.05, 4.69) is 27.4 Å². The Kier molecular flexibility index (Phi) is 3.99. The Hall–Kier alpha value is -1.10. The van der Waals surface area contributed by atoms with Gasteiger partial charge in [0.15, 0.2) is 0 Å². The summed E-state index contributed by atoms with van der Waals surface area (Å²) in [5.74, 6) is 6.50. The smallest absolute Gasteiger partial charge is 0.101 e. The molecule has 3 nitrogen and oxygen atoms in total. The van der Waals surface area contributed by atoms with Crippen LogP contribution in [0.25, 0.3) is 0 Å². The standard InChI is InChI=1S/C13H15BrN2O/c1-9-6-11(8-17-9)13(16-15)7-10-4-2-3-5-12(10)14/h2-6,8,13,16H,7,15H2,1H3. The van der Waals surface area contributed by atoms with Crippen molar-refractivity contribution in [1.82, 2.24) is 5.43 Å². The lowest BCUT2D eigenvalue weighted by Gasteiger charge is -2.14. The fraction of sp³-hybridized carbons (Fsp3) is 0.231. The van der Waals surface area contributed by atoms with Crippen LogP contribution in [0.15, 0.2) is 45.5 Å². The predicted molar refractivity (Wildman–Crippen MR) is 71.4 cm³/mol. The van der Waals surface area contributed by atoms with E-state index in [4.69, 9.17) is 10.3 Å². The highest BCUT2D eigenvalue weighted by Gasteiger charge is 2.14. The Morgan fingerprint density at radius 1 is 1.41 bits per heavy atom. The fourth-order valence-corrected chi connectivity index (χ4v) is 2.25. The molecule has 0 saturated heterocycles. The molecule has 0 aliphatic carbocycles. The summed E-state index contributed by atoms with van der Waals surface area (Å²) < 4.78 is 6.41. The lowest BCUT2D eigenvalue weighted by molar-refractivity contribution is 0.511. The first kappa shape index (κ1) is 12.4. The quantitative estimate of drug-likeness (QED) is 0.673. The second-order valence-electron chi connectivity index (χ2n) is 4.01. The molecule has 1 unspecified atom stereocenters. The van der Waals surface area contributed by atoms with E-state index in [-0.39, 0.29) is 6.04 Å². The summed E-state index contributed by atoms with van der Waals surface area (Å²) in [5, 5.41) is 0. The number of hydrogen-bond acceptors (Lipinski definition) is 3. The summed E-state index contributed by atoms with van der Waals surface area (Å²) in [6, 6.07) is 10.2. The van der Waals surface area contributed by atoms with Gasteiger partial charge >= 0.3 is 0 Å². The normalized spacial score (nSPS) is 12.6. The van der Waals surface area contributed by atoms with E-state index < -0.39 is 0 Å². The van der Waals surface area contributed by atoms with Crippen LogP contribution in [0.2, 0.25) is 0 Å². The molecule has 2 rings (SSSR count). The Morgan fingerprint density at radius 2 is 2.18 bits per heavy atom. The molecule has 0 bridgehead atoms. The van der Waals surface area contributed by atoms with Crippen molar-refractivity contribution in [2.45, 2.75) is 19.4 Å². The van der Waals surface area contributed by atoms with Crippen LogP contribution in [-0.2, 0) is 6.42 Å². The largest absolute Gasteiger partial charge is 0.469 e. The summed E-state index contributed by atoms with van der Waals surface area (Å²) in [6.07, 6.45) is 2.56. The molecule has 1 atom stereocenters. The minimum Gasteiger partial charge on any atom is -0.469 e. The molecule has 0 spiro atoms. The van der Waals surface area contributed by atoms with Gasteiger partial charge in [0.2, 0.25) is 0 Å². The molecule has 0 fully saturated rings. The molecule has 3 N–H and O–H groups in total. The molecule has 0 amide bonds. The molecule has 0 aliphatic rings. The maximum absolute atomic E-state index is 5.60. The van der Waals surface area contributed by atoms with Crippen molar-refractivity contribution in [1.29, 1.82) is 0 Å². The molecule has 1 aromatic carbocycles. The first-order valence-corrected chi connectivity index (χ1v) is 6.24. The maximum atomic E-state index is 5.60. The molecule has 17 heavy (non-hydrogen) atoms. The van der Waals surface area contributed by atoms with Gasteiger partial charge in [0.1, 0.15) is 5.76 Å². The number of furan rings is 1. The third kappa shape index (κ3) is 2.97. The van der Waals surface area contributed by atoms with Gasteiger partial charge in [-0.05, 0) is 31.0 Å². The van der Waals surface area contributed by atoms with Gasteiger partial charge in [-0.15, -0.1) is 0 Å². The molecular formula is C13H15BrN2O. The number of halogens is 1. The number of nitrogens with two attached hydrogens (primary N) is 1. The van der Waals surface area contributed by atoms with Crippen LogP contribution in [0.5, 0.6) is 0 Å². The van der Waals surface area contributed by atoms with E-state index in [1.807, 2.05) is 31.2 Å². The van der Waals surface area contributed by atoms with E-state index in [0.717, 1.165) is 22.2 Å². The summed E-state index contributed by atoms with van der Waals surface area (Å²) in [7, 11) is 0. The van der Waals surface area contributed by atoms with Gasteiger partial charge in [0, 0.05) is 10.0 Å². The van der Waals surface area contributed by atoms with E-state index in [1.54, 1.807) is 6.26 Å². The van der Waals surface area contributed by atoms with E-state index in [0.29, 0.717) is 0 Å². The first-order chi connectivity index (χ1) is 8.20. The van der Waals surface area contributed by atoms with Crippen LogP contribution >= 0.6 is 15.9 Å². The summed E-state index contributed by atoms with van der Waals surface area (Å²) in [6.45, 7) is 1.93. The molecule has 0 aliphatic heterocycles. The summed E-state index contributed by atoms with van der Waals surface area (Å²) in [5.41, 5.74) is 5.11. The van der Waals surface area contributed by atoms with Crippen LogP contribution in [0.1, 0.15) is 22.9 Å². The maximum Gasteiger partial charge on any atom is 0.101 e. The number of rotatable bonds is 4. The first-order valence-electron chi connectivity index (χ1n) is 5.45. The molecule has 0 radical (unpaired) electrons. The Bertz CT molecular complexity index is 496. The highest BCUT2D eigenvalue weighted by Crippen LogP contribution is 2.24.